The van der Waals surface area contributed by atoms with Gasteiger partial charge in [-0.15, -0.1) is 0 Å². The van der Waals surface area contributed by atoms with Crippen molar-refractivity contribution in [3.63, 3.8) is 0 Å². The van der Waals surface area contributed by atoms with E-state index in [0.29, 0.717) is 5.92 Å². The van der Waals surface area contributed by atoms with Crippen LogP contribution in [0.3, 0.4) is 0 Å². The van der Waals surface area contributed by atoms with Gasteiger partial charge in [0.25, 0.3) is 0 Å². The van der Waals surface area contributed by atoms with Crippen molar-refractivity contribution in [2.45, 2.75) is 46.5 Å². The summed E-state index contributed by atoms with van der Waals surface area (Å²) in [6.07, 6.45) is 14.0. The van der Waals surface area contributed by atoms with Gasteiger partial charge in [-0.2, -0.15) is 0 Å². The lowest BCUT2D eigenvalue weighted by molar-refractivity contribution is 0.736. The Morgan fingerprint density at radius 2 is 1.62 bits per heavy atom. The molecule has 0 bridgehead atoms. The molecule has 0 aliphatic heterocycles. The van der Waals surface area contributed by atoms with Crippen LogP contribution in [0.1, 0.15) is 46.5 Å². The molecule has 0 aromatic carbocycles. The van der Waals surface area contributed by atoms with Crippen molar-refractivity contribution >= 4 is 0 Å². The van der Waals surface area contributed by atoms with Crippen LogP contribution < -0.4 is 0 Å². The summed E-state index contributed by atoms with van der Waals surface area (Å²) in [6.45, 7) is 6.88. The van der Waals surface area contributed by atoms with E-state index in [2.05, 4.69) is 45.1 Å². The van der Waals surface area contributed by atoms with Crippen LogP contribution in [0.2, 0.25) is 0 Å². The monoisotopic (exact) mass is 214 g/mol. The standard InChI is InChI=1S/C16H22/c1-12(2)16-9-5-8-15(16)11-10-14-7-4-6-13(14)3/h4-5,7-8,12H,6,9-11H2,1-3H3. The van der Waals surface area contributed by atoms with Crippen molar-refractivity contribution in [3.8, 4) is 0 Å². The van der Waals surface area contributed by atoms with Crippen molar-refractivity contribution in [3.05, 3.63) is 46.6 Å². The van der Waals surface area contributed by atoms with E-state index in [-0.39, 0.29) is 0 Å². The fourth-order valence-electron chi connectivity index (χ4n) is 2.63. The maximum atomic E-state index is 2.34. The molecule has 0 amide bonds. The van der Waals surface area contributed by atoms with Gasteiger partial charge in [0.1, 0.15) is 0 Å². The van der Waals surface area contributed by atoms with Gasteiger partial charge >= 0.3 is 0 Å². The van der Waals surface area contributed by atoms with Gasteiger partial charge in [-0.1, -0.05) is 49.3 Å². The Labute approximate surface area is 99.4 Å². The fourth-order valence-corrected chi connectivity index (χ4v) is 2.63. The van der Waals surface area contributed by atoms with Crippen molar-refractivity contribution in [2.24, 2.45) is 5.92 Å². The SMILES string of the molecule is CC1=C(CCC2=C(C(C)C)CC=C2)C=CC1. The molecule has 0 heterocycles. The summed E-state index contributed by atoms with van der Waals surface area (Å²) in [5, 5.41) is 0. The van der Waals surface area contributed by atoms with Crippen LogP contribution in [-0.4, -0.2) is 0 Å². The Kier molecular flexibility index (Phi) is 3.48. The topological polar surface area (TPSA) is 0 Å². The highest BCUT2D eigenvalue weighted by atomic mass is 14.2. The molecule has 0 aromatic rings. The van der Waals surface area contributed by atoms with Crippen LogP contribution >= 0.6 is 0 Å². The highest BCUT2D eigenvalue weighted by Gasteiger charge is 2.13. The normalized spacial score (nSPS) is 19.8. The van der Waals surface area contributed by atoms with Gasteiger partial charge in [0.2, 0.25) is 0 Å². The molecule has 0 N–H and O–H groups in total. The molecule has 0 saturated heterocycles. The smallest absolute Gasteiger partial charge is 0.0127 e. The molecule has 0 spiro atoms. The van der Waals surface area contributed by atoms with Gasteiger partial charge in [0.05, 0.1) is 0 Å². The van der Waals surface area contributed by atoms with Crippen molar-refractivity contribution in [2.75, 3.05) is 0 Å². The first-order valence-corrected chi connectivity index (χ1v) is 6.42. The highest BCUT2D eigenvalue weighted by molar-refractivity contribution is 5.38. The maximum absolute atomic E-state index is 2.34. The zero-order chi connectivity index (χ0) is 11.5. The lowest BCUT2D eigenvalue weighted by atomic mass is 9.94. The van der Waals surface area contributed by atoms with Crippen LogP contribution in [0.15, 0.2) is 46.6 Å². The Morgan fingerprint density at radius 1 is 1.00 bits per heavy atom. The lowest BCUT2D eigenvalue weighted by Gasteiger charge is -2.11. The van der Waals surface area contributed by atoms with E-state index in [1.54, 1.807) is 22.3 Å². The average Bonchev–Trinajstić information content (AvgIpc) is 2.83. The van der Waals surface area contributed by atoms with Gasteiger partial charge in [0, 0.05) is 0 Å². The van der Waals surface area contributed by atoms with E-state index in [1.165, 1.54) is 25.7 Å². The molecule has 0 atom stereocenters. The number of allylic oxidation sites excluding steroid dienone is 8. The van der Waals surface area contributed by atoms with Crippen LogP contribution in [-0.2, 0) is 0 Å². The summed E-state index contributed by atoms with van der Waals surface area (Å²) in [6, 6.07) is 0. The van der Waals surface area contributed by atoms with Gasteiger partial charge < -0.3 is 0 Å². The number of hydrogen-bond donors (Lipinski definition) is 0. The minimum Gasteiger partial charge on any atom is -0.0802 e. The van der Waals surface area contributed by atoms with Crippen molar-refractivity contribution in [1.29, 1.82) is 0 Å². The van der Waals surface area contributed by atoms with Crippen LogP contribution in [0.4, 0.5) is 0 Å². The summed E-state index contributed by atoms with van der Waals surface area (Å²) in [5.74, 6) is 0.708. The van der Waals surface area contributed by atoms with Crippen molar-refractivity contribution in [1.82, 2.24) is 0 Å². The Morgan fingerprint density at radius 3 is 2.25 bits per heavy atom. The molecular weight excluding hydrogens is 192 g/mol. The second kappa shape index (κ2) is 4.86. The molecule has 0 nitrogen and oxygen atoms in total. The van der Waals surface area contributed by atoms with E-state index in [9.17, 15) is 0 Å². The van der Waals surface area contributed by atoms with Gasteiger partial charge in [-0.3, -0.25) is 0 Å². The van der Waals surface area contributed by atoms with Gasteiger partial charge in [-0.05, 0) is 49.7 Å². The molecule has 2 aliphatic rings. The van der Waals surface area contributed by atoms with E-state index < -0.39 is 0 Å². The van der Waals surface area contributed by atoms with E-state index in [1.807, 2.05) is 0 Å². The Balaban J connectivity index is 2.00. The minimum atomic E-state index is 0.708. The maximum Gasteiger partial charge on any atom is -0.0127 e. The highest BCUT2D eigenvalue weighted by Crippen LogP contribution is 2.31. The zero-order valence-electron chi connectivity index (χ0n) is 10.7. The molecule has 0 saturated carbocycles. The molecule has 0 heteroatoms. The third-order valence-corrected chi connectivity index (χ3v) is 3.72. The van der Waals surface area contributed by atoms with Crippen LogP contribution in [0, 0.1) is 5.92 Å². The summed E-state index contributed by atoms with van der Waals surface area (Å²) >= 11 is 0. The molecular formula is C16H22. The molecule has 2 aliphatic carbocycles. The molecule has 0 aromatic heterocycles. The summed E-state index contributed by atoms with van der Waals surface area (Å²) in [5.41, 5.74) is 6.38. The van der Waals surface area contributed by atoms with E-state index in [4.69, 9.17) is 0 Å². The summed E-state index contributed by atoms with van der Waals surface area (Å²) in [7, 11) is 0. The van der Waals surface area contributed by atoms with E-state index >= 15 is 0 Å². The lowest BCUT2D eigenvalue weighted by Crippen LogP contribution is -1.95. The third-order valence-electron chi connectivity index (χ3n) is 3.72. The molecule has 0 fully saturated rings. The van der Waals surface area contributed by atoms with Gasteiger partial charge in [0.15, 0.2) is 0 Å². The van der Waals surface area contributed by atoms with Crippen LogP contribution in [0.25, 0.3) is 0 Å². The number of rotatable bonds is 4. The summed E-state index contributed by atoms with van der Waals surface area (Å²) in [4.78, 5) is 0. The quantitative estimate of drug-likeness (QED) is 0.620. The molecule has 16 heavy (non-hydrogen) atoms. The fraction of sp³-hybridized carbons (Fsp3) is 0.500. The number of hydrogen-bond acceptors (Lipinski definition) is 0. The predicted molar refractivity (Wildman–Crippen MR) is 71.3 cm³/mol. The van der Waals surface area contributed by atoms with Crippen molar-refractivity contribution < 1.29 is 0 Å². The first-order chi connectivity index (χ1) is 7.68. The molecule has 2 rings (SSSR count). The Hall–Kier alpha value is -1.04. The first kappa shape index (κ1) is 11.4. The zero-order valence-corrected chi connectivity index (χ0v) is 10.7. The first-order valence-electron chi connectivity index (χ1n) is 6.42. The second-order valence-corrected chi connectivity index (χ2v) is 5.22. The average molecular weight is 214 g/mol. The molecule has 86 valence electrons. The molecule has 0 unspecified atom stereocenters. The second-order valence-electron chi connectivity index (χ2n) is 5.22. The van der Waals surface area contributed by atoms with E-state index in [0.717, 1.165) is 0 Å². The van der Waals surface area contributed by atoms with Crippen LogP contribution in [0.5, 0.6) is 0 Å². The Bertz CT molecular complexity index is 386. The predicted octanol–water partition coefficient (Wildman–Crippen LogP) is 4.96. The minimum absolute atomic E-state index is 0.708. The van der Waals surface area contributed by atoms with Gasteiger partial charge in [-0.25, -0.2) is 0 Å². The third kappa shape index (κ3) is 2.37. The summed E-state index contributed by atoms with van der Waals surface area (Å²) < 4.78 is 0. The largest absolute Gasteiger partial charge is 0.0802 e. The molecule has 0 radical (unpaired) electrons.